The molecule has 5 rings (SSSR count). The number of carbonyl (C=O) groups excluding carboxylic acids is 1. The third kappa shape index (κ3) is 2.79. The summed E-state index contributed by atoms with van der Waals surface area (Å²) in [4.78, 5) is 25.7. The van der Waals surface area contributed by atoms with Crippen LogP contribution in [-0.2, 0) is 4.79 Å². The summed E-state index contributed by atoms with van der Waals surface area (Å²) in [6.07, 6.45) is 7.25. The maximum atomic E-state index is 12.6. The minimum absolute atomic E-state index is 0.0564. The first kappa shape index (κ1) is 17.1. The molecule has 4 heterocycles. The second-order valence-electron chi connectivity index (χ2n) is 7.91. The molecule has 1 aliphatic carbocycles. The van der Waals surface area contributed by atoms with E-state index in [1.54, 1.807) is 18.6 Å². The molecule has 3 aromatic heterocycles. The summed E-state index contributed by atoms with van der Waals surface area (Å²) in [5.41, 5.74) is 9.11. The number of nitrogen functional groups attached to an aromatic ring is 1. The molecule has 2 atom stereocenters. The molecule has 1 spiro atoms. The molecular formula is C21H22N6O. The lowest BCUT2D eigenvalue weighted by Gasteiger charge is -2.11. The molecule has 2 fully saturated rings. The second-order valence-corrected chi connectivity index (χ2v) is 7.91. The smallest absolute Gasteiger partial charge is 0.229 e. The van der Waals surface area contributed by atoms with Gasteiger partial charge in [0.05, 0.1) is 5.69 Å². The van der Waals surface area contributed by atoms with Gasteiger partial charge in [0.25, 0.3) is 0 Å². The van der Waals surface area contributed by atoms with Gasteiger partial charge in [-0.1, -0.05) is 0 Å². The first-order valence-electron chi connectivity index (χ1n) is 9.55. The standard InChI is InChI=1S/C21H22N6O/c1-12-2-4-23-9-14(12)17-6-13-7-18(25-10-15(13)19(22)26-17)27-20(28)16-8-21(16)3-5-24-11-21/h2,4,6-7,9-10,16,24H,3,5,8,11H2,1H3,(H2,22,26)(H,25,27,28)/t16-,21+/m1/s1. The molecule has 7 nitrogen and oxygen atoms in total. The zero-order chi connectivity index (χ0) is 19.3. The van der Waals surface area contributed by atoms with Crippen LogP contribution in [-0.4, -0.2) is 33.9 Å². The van der Waals surface area contributed by atoms with E-state index in [2.05, 4.69) is 25.6 Å². The maximum Gasteiger partial charge on any atom is 0.229 e. The van der Waals surface area contributed by atoms with Crippen LogP contribution in [0.1, 0.15) is 18.4 Å². The Morgan fingerprint density at radius 2 is 2.25 bits per heavy atom. The Morgan fingerprint density at radius 3 is 3.04 bits per heavy atom. The molecular weight excluding hydrogens is 352 g/mol. The van der Waals surface area contributed by atoms with Crippen LogP contribution in [0.4, 0.5) is 11.6 Å². The van der Waals surface area contributed by atoms with Crippen molar-refractivity contribution in [3.05, 3.63) is 42.4 Å². The molecule has 1 saturated carbocycles. The van der Waals surface area contributed by atoms with E-state index >= 15 is 0 Å². The Kier molecular flexibility index (Phi) is 3.80. The van der Waals surface area contributed by atoms with E-state index in [4.69, 9.17) is 5.73 Å². The Balaban J connectivity index is 1.45. The van der Waals surface area contributed by atoms with Gasteiger partial charge in [0.2, 0.25) is 5.91 Å². The zero-order valence-electron chi connectivity index (χ0n) is 15.7. The van der Waals surface area contributed by atoms with Crippen LogP contribution in [0.3, 0.4) is 0 Å². The van der Waals surface area contributed by atoms with Gasteiger partial charge in [0.1, 0.15) is 11.6 Å². The summed E-state index contributed by atoms with van der Waals surface area (Å²) in [6, 6.07) is 5.77. The summed E-state index contributed by atoms with van der Waals surface area (Å²) in [7, 11) is 0. The fraction of sp³-hybridized carbons (Fsp3) is 0.333. The number of anilines is 2. The van der Waals surface area contributed by atoms with Crippen molar-refractivity contribution >= 4 is 28.3 Å². The fourth-order valence-corrected chi connectivity index (χ4v) is 4.28. The second kappa shape index (κ2) is 6.24. The van der Waals surface area contributed by atoms with E-state index in [1.807, 2.05) is 25.1 Å². The summed E-state index contributed by atoms with van der Waals surface area (Å²) in [5, 5.41) is 8.01. The van der Waals surface area contributed by atoms with Gasteiger partial charge in [-0.25, -0.2) is 9.97 Å². The van der Waals surface area contributed by atoms with Crippen molar-refractivity contribution in [3.8, 4) is 11.3 Å². The predicted octanol–water partition coefficient (Wildman–Crippen LogP) is 2.52. The number of nitrogens with one attached hydrogen (secondary N) is 2. The summed E-state index contributed by atoms with van der Waals surface area (Å²) in [5.74, 6) is 1.10. The number of fused-ring (bicyclic) bond motifs is 1. The Hall–Kier alpha value is -3.06. The van der Waals surface area contributed by atoms with Gasteiger partial charge in [-0.2, -0.15) is 0 Å². The van der Waals surface area contributed by atoms with Crippen molar-refractivity contribution in [2.45, 2.75) is 19.8 Å². The first-order chi connectivity index (χ1) is 13.6. The van der Waals surface area contributed by atoms with Crippen molar-refractivity contribution in [2.24, 2.45) is 11.3 Å². The number of aromatic nitrogens is 3. The van der Waals surface area contributed by atoms with Crippen LogP contribution in [0.25, 0.3) is 22.0 Å². The average Bonchev–Trinajstić information content (AvgIpc) is 3.18. The summed E-state index contributed by atoms with van der Waals surface area (Å²) >= 11 is 0. The van der Waals surface area contributed by atoms with E-state index < -0.39 is 0 Å². The van der Waals surface area contributed by atoms with Crippen molar-refractivity contribution in [1.82, 2.24) is 20.3 Å². The van der Waals surface area contributed by atoms with Gasteiger partial charge in [-0.15, -0.1) is 0 Å². The largest absolute Gasteiger partial charge is 0.383 e. The minimum atomic E-state index is 0.0564. The van der Waals surface area contributed by atoms with Crippen LogP contribution < -0.4 is 16.4 Å². The van der Waals surface area contributed by atoms with Gasteiger partial charge in [-0.05, 0) is 60.9 Å². The molecule has 1 aliphatic heterocycles. The molecule has 1 saturated heterocycles. The van der Waals surface area contributed by atoms with Gasteiger partial charge < -0.3 is 16.4 Å². The minimum Gasteiger partial charge on any atom is -0.383 e. The highest BCUT2D eigenvalue weighted by atomic mass is 16.2. The third-order valence-corrected chi connectivity index (χ3v) is 6.09. The van der Waals surface area contributed by atoms with Crippen LogP contribution in [0.2, 0.25) is 0 Å². The van der Waals surface area contributed by atoms with E-state index in [0.29, 0.717) is 11.6 Å². The molecule has 142 valence electrons. The van der Waals surface area contributed by atoms with Crippen LogP contribution in [0.15, 0.2) is 36.8 Å². The topological polar surface area (TPSA) is 106 Å². The van der Waals surface area contributed by atoms with Gasteiger partial charge in [0.15, 0.2) is 0 Å². The van der Waals surface area contributed by atoms with E-state index in [9.17, 15) is 4.79 Å². The Morgan fingerprint density at radius 1 is 1.36 bits per heavy atom. The zero-order valence-corrected chi connectivity index (χ0v) is 15.7. The number of aryl methyl sites for hydroxylation is 1. The van der Waals surface area contributed by atoms with Gasteiger partial charge in [0, 0.05) is 42.0 Å². The SMILES string of the molecule is Cc1ccncc1-c1cc2cc(NC(=O)[C@H]3C[C@]34CCNC4)ncc2c(N)n1. The number of pyridine rings is 3. The van der Waals surface area contributed by atoms with E-state index in [1.165, 1.54) is 0 Å². The Labute approximate surface area is 162 Å². The number of hydrogen-bond donors (Lipinski definition) is 3. The summed E-state index contributed by atoms with van der Waals surface area (Å²) < 4.78 is 0. The number of hydrogen-bond acceptors (Lipinski definition) is 6. The summed E-state index contributed by atoms with van der Waals surface area (Å²) in [6.45, 7) is 3.95. The number of amides is 1. The molecule has 1 amide bonds. The molecule has 3 aromatic rings. The maximum absolute atomic E-state index is 12.6. The molecule has 7 heteroatoms. The van der Waals surface area contributed by atoms with E-state index in [0.717, 1.165) is 53.5 Å². The number of nitrogens with zero attached hydrogens (tertiary/aromatic N) is 3. The average molecular weight is 374 g/mol. The van der Waals surface area contributed by atoms with Gasteiger partial charge >= 0.3 is 0 Å². The van der Waals surface area contributed by atoms with Gasteiger partial charge in [-0.3, -0.25) is 9.78 Å². The van der Waals surface area contributed by atoms with Crippen LogP contribution in [0.5, 0.6) is 0 Å². The molecule has 0 aromatic carbocycles. The van der Waals surface area contributed by atoms with Crippen LogP contribution >= 0.6 is 0 Å². The molecule has 28 heavy (non-hydrogen) atoms. The molecule has 4 N–H and O–H groups in total. The molecule has 0 bridgehead atoms. The molecule has 0 radical (unpaired) electrons. The van der Waals surface area contributed by atoms with Crippen LogP contribution in [0, 0.1) is 18.3 Å². The lowest BCUT2D eigenvalue weighted by molar-refractivity contribution is -0.118. The van der Waals surface area contributed by atoms with Crippen molar-refractivity contribution in [3.63, 3.8) is 0 Å². The monoisotopic (exact) mass is 374 g/mol. The number of nitrogens with two attached hydrogens (primary N) is 1. The highest BCUT2D eigenvalue weighted by Crippen LogP contribution is 2.56. The highest BCUT2D eigenvalue weighted by Gasteiger charge is 2.58. The lowest BCUT2D eigenvalue weighted by atomic mass is 10.0. The molecule has 2 aliphatic rings. The van der Waals surface area contributed by atoms with Crippen molar-refractivity contribution < 1.29 is 4.79 Å². The first-order valence-corrected chi connectivity index (χ1v) is 9.55. The highest BCUT2D eigenvalue weighted by molar-refractivity contribution is 5.98. The predicted molar refractivity (Wildman–Crippen MR) is 109 cm³/mol. The fourth-order valence-electron chi connectivity index (χ4n) is 4.28. The van der Waals surface area contributed by atoms with E-state index in [-0.39, 0.29) is 17.2 Å². The lowest BCUT2D eigenvalue weighted by Crippen LogP contribution is -2.20. The number of rotatable bonds is 3. The normalized spacial score (nSPS) is 23.2. The third-order valence-electron chi connectivity index (χ3n) is 6.09. The van der Waals surface area contributed by atoms with Crippen molar-refractivity contribution in [1.29, 1.82) is 0 Å². The molecule has 0 unspecified atom stereocenters. The quantitative estimate of drug-likeness (QED) is 0.650. The Bertz CT molecular complexity index is 1090. The number of carbonyl (C=O) groups is 1. The van der Waals surface area contributed by atoms with Crippen molar-refractivity contribution in [2.75, 3.05) is 24.1 Å².